The Balaban J connectivity index is 1.70. The standard InChI is InChI=1S/C16H24N4O5S/c1-16(2,3)24-15(21)17-10-5-4-6-11-18-26(22,23)13-9-7-8-12-14(13)20-25-19-12/h7-9,18H,4-6,10-11H2,1-3H3,(H,17,21). The molecule has 2 aromatic rings. The molecule has 0 aliphatic carbocycles. The SMILES string of the molecule is CC(C)(C)OC(=O)NCCCCCNS(=O)(=O)c1cccc2nonc12. The molecule has 0 atom stereocenters. The molecule has 144 valence electrons. The predicted molar refractivity (Wildman–Crippen MR) is 95.1 cm³/mol. The van der Waals surface area contributed by atoms with E-state index in [-0.39, 0.29) is 17.0 Å². The van der Waals surface area contributed by atoms with Gasteiger partial charge in [0.1, 0.15) is 16.0 Å². The highest BCUT2D eigenvalue weighted by atomic mass is 32.2. The van der Waals surface area contributed by atoms with Gasteiger partial charge in [0.05, 0.1) is 0 Å². The molecule has 1 aromatic carbocycles. The van der Waals surface area contributed by atoms with E-state index in [1.54, 1.807) is 32.9 Å². The van der Waals surface area contributed by atoms with Crippen LogP contribution in [0.1, 0.15) is 40.0 Å². The first kappa shape index (κ1) is 20.1. The van der Waals surface area contributed by atoms with Crippen LogP contribution in [0.25, 0.3) is 11.0 Å². The van der Waals surface area contributed by atoms with E-state index in [0.717, 1.165) is 12.8 Å². The number of ether oxygens (including phenoxy) is 1. The molecule has 1 amide bonds. The average Bonchev–Trinajstić information content (AvgIpc) is 3.00. The van der Waals surface area contributed by atoms with Crippen LogP contribution in [0.2, 0.25) is 0 Å². The Morgan fingerprint density at radius 3 is 2.62 bits per heavy atom. The highest BCUT2D eigenvalue weighted by molar-refractivity contribution is 7.89. The molecule has 0 unspecified atom stereocenters. The zero-order valence-electron chi connectivity index (χ0n) is 15.1. The average molecular weight is 384 g/mol. The minimum absolute atomic E-state index is 0.0443. The summed E-state index contributed by atoms with van der Waals surface area (Å²) < 4.78 is 37.0. The molecular weight excluding hydrogens is 360 g/mol. The summed E-state index contributed by atoms with van der Waals surface area (Å²) in [5, 5.41) is 9.94. The lowest BCUT2D eigenvalue weighted by Gasteiger charge is -2.19. The number of fused-ring (bicyclic) bond motifs is 1. The van der Waals surface area contributed by atoms with Crippen molar-refractivity contribution < 1.29 is 22.6 Å². The van der Waals surface area contributed by atoms with Crippen LogP contribution in [0.5, 0.6) is 0 Å². The maximum atomic E-state index is 12.4. The van der Waals surface area contributed by atoms with Gasteiger partial charge >= 0.3 is 6.09 Å². The zero-order valence-corrected chi connectivity index (χ0v) is 15.9. The lowest BCUT2D eigenvalue weighted by atomic mass is 10.2. The number of nitrogens with zero attached hydrogens (tertiary/aromatic N) is 2. The van der Waals surface area contributed by atoms with Crippen LogP contribution in [0.15, 0.2) is 27.7 Å². The molecule has 26 heavy (non-hydrogen) atoms. The van der Waals surface area contributed by atoms with E-state index in [1.165, 1.54) is 6.07 Å². The fourth-order valence-corrected chi connectivity index (χ4v) is 3.44. The Hall–Kier alpha value is -2.20. The molecule has 9 nitrogen and oxygen atoms in total. The Labute approximate surface area is 152 Å². The Bertz CT molecular complexity index is 842. The molecule has 0 radical (unpaired) electrons. The first-order chi connectivity index (χ1) is 12.2. The van der Waals surface area contributed by atoms with Gasteiger partial charge in [-0.15, -0.1) is 0 Å². The van der Waals surface area contributed by atoms with E-state index in [2.05, 4.69) is 25.0 Å². The zero-order chi connectivity index (χ0) is 19.2. The largest absolute Gasteiger partial charge is 0.444 e. The highest BCUT2D eigenvalue weighted by Crippen LogP contribution is 2.19. The summed E-state index contributed by atoms with van der Waals surface area (Å²) in [6, 6.07) is 4.67. The summed E-state index contributed by atoms with van der Waals surface area (Å²) in [7, 11) is -3.69. The molecule has 0 saturated heterocycles. The number of hydrogen-bond acceptors (Lipinski definition) is 7. The summed E-state index contributed by atoms with van der Waals surface area (Å²) in [5.41, 5.74) is 0.0764. The molecule has 10 heteroatoms. The van der Waals surface area contributed by atoms with Gasteiger partial charge in [-0.2, -0.15) is 0 Å². The summed E-state index contributed by atoms with van der Waals surface area (Å²) in [6.07, 6.45) is 1.67. The fourth-order valence-electron chi connectivity index (χ4n) is 2.21. The van der Waals surface area contributed by atoms with Crippen LogP contribution in [-0.4, -0.2) is 43.5 Å². The number of hydrogen-bond donors (Lipinski definition) is 2. The number of unbranched alkanes of at least 4 members (excludes halogenated alkanes) is 2. The molecule has 0 aliphatic heterocycles. The normalized spacial score (nSPS) is 12.3. The number of carbonyl (C=O) groups excluding carboxylic acids is 1. The monoisotopic (exact) mass is 384 g/mol. The van der Waals surface area contributed by atoms with Crippen molar-refractivity contribution in [2.45, 2.75) is 50.5 Å². The second-order valence-corrected chi connectivity index (χ2v) is 8.51. The van der Waals surface area contributed by atoms with Gasteiger partial charge in [-0.3, -0.25) is 0 Å². The van der Waals surface area contributed by atoms with Gasteiger partial charge in [0.2, 0.25) is 10.0 Å². The molecular formula is C16H24N4O5S. The molecule has 0 fully saturated rings. The second-order valence-electron chi connectivity index (χ2n) is 6.78. The molecule has 2 rings (SSSR count). The van der Waals surface area contributed by atoms with Crippen molar-refractivity contribution in [2.75, 3.05) is 13.1 Å². The van der Waals surface area contributed by atoms with Crippen molar-refractivity contribution in [3.05, 3.63) is 18.2 Å². The maximum Gasteiger partial charge on any atom is 0.407 e. The topological polar surface area (TPSA) is 123 Å². The van der Waals surface area contributed by atoms with E-state index in [0.29, 0.717) is 18.5 Å². The number of aromatic nitrogens is 2. The summed E-state index contributed by atoms with van der Waals surface area (Å²) in [5.74, 6) is 0. The number of sulfonamides is 1. The van der Waals surface area contributed by atoms with Crippen molar-refractivity contribution in [2.24, 2.45) is 0 Å². The van der Waals surface area contributed by atoms with Gasteiger partial charge in [0.25, 0.3) is 0 Å². The highest BCUT2D eigenvalue weighted by Gasteiger charge is 2.19. The van der Waals surface area contributed by atoms with Gasteiger partial charge < -0.3 is 10.1 Å². The van der Waals surface area contributed by atoms with Gasteiger partial charge in [-0.25, -0.2) is 22.6 Å². The van der Waals surface area contributed by atoms with Gasteiger partial charge in [0, 0.05) is 13.1 Å². The molecule has 2 N–H and O–H groups in total. The summed E-state index contributed by atoms with van der Waals surface area (Å²) in [4.78, 5) is 11.5. The first-order valence-electron chi connectivity index (χ1n) is 8.37. The molecule has 0 bridgehead atoms. The molecule has 1 aromatic heterocycles. The van der Waals surface area contributed by atoms with Crippen LogP contribution in [0.3, 0.4) is 0 Å². The number of alkyl carbamates (subject to hydrolysis) is 1. The van der Waals surface area contributed by atoms with Gasteiger partial charge in [-0.05, 0) is 56.1 Å². The number of nitrogens with one attached hydrogen (secondary N) is 2. The third-order valence-corrected chi connectivity index (χ3v) is 4.84. The number of carbonyl (C=O) groups is 1. The third kappa shape index (κ3) is 5.95. The van der Waals surface area contributed by atoms with Crippen LogP contribution in [0, 0.1) is 0 Å². The number of rotatable bonds is 8. The minimum atomic E-state index is -3.69. The van der Waals surface area contributed by atoms with Crippen molar-refractivity contribution >= 4 is 27.1 Å². The van der Waals surface area contributed by atoms with E-state index < -0.39 is 21.7 Å². The minimum Gasteiger partial charge on any atom is -0.444 e. The van der Waals surface area contributed by atoms with Crippen LogP contribution in [-0.2, 0) is 14.8 Å². The Morgan fingerprint density at radius 1 is 1.15 bits per heavy atom. The molecule has 0 saturated carbocycles. The first-order valence-corrected chi connectivity index (χ1v) is 9.85. The molecule has 1 heterocycles. The predicted octanol–water partition coefficient (Wildman–Crippen LogP) is 2.20. The van der Waals surface area contributed by atoms with E-state index in [1.807, 2.05) is 0 Å². The van der Waals surface area contributed by atoms with Gasteiger partial charge in [-0.1, -0.05) is 12.5 Å². The van der Waals surface area contributed by atoms with Crippen molar-refractivity contribution in [1.82, 2.24) is 20.4 Å². The van der Waals surface area contributed by atoms with E-state index in [9.17, 15) is 13.2 Å². The fraction of sp³-hybridized carbons (Fsp3) is 0.562. The summed E-state index contributed by atoms with van der Waals surface area (Å²) >= 11 is 0. The van der Waals surface area contributed by atoms with E-state index >= 15 is 0 Å². The van der Waals surface area contributed by atoms with Crippen LogP contribution in [0.4, 0.5) is 4.79 Å². The molecule has 0 spiro atoms. The van der Waals surface area contributed by atoms with Crippen LogP contribution >= 0.6 is 0 Å². The second kappa shape index (κ2) is 8.45. The van der Waals surface area contributed by atoms with Crippen molar-refractivity contribution in [1.29, 1.82) is 0 Å². The van der Waals surface area contributed by atoms with Gasteiger partial charge in [0.15, 0.2) is 5.52 Å². The van der Waals surface area contributed by atoms with Crippen LogP contribution < -0.4 is 10.0 Å². The molecule has 0 aliphatic rings. The smallest absolute Gasteiger partial charge is 0.407 e. The number of benzene rings is 1. The maximum absolute atomic E-state index is 12.4. The van der Waals surface area contributed by atoms with E-state index in [4.69, 9.17) is 4.74 Å². The number of amides is 1. The summed E-state index contributed by atoms with van der Waals surface area (Å²) in [6.45, 7) is 6.17. The van der Waals surface area contributed by atoms with Crippen molar-refractivity contribution in [3.8, 4) is 0 Å². The lowest BCUT2D eigenvalue weighted by Crippen LogP contribution is -2.33. The lowest BCUT2D eigenvalue weighted by molar-refractivity contribution is 0.0527. The third-order valence-electron chi connectivity index (χ3n) is 3.35. The van der Waals surface area contributed by atoms with Crippen molar-refractivity contribution in [3.63, 3.8) is 0 Å². The Morgan fingerprint density at radius 2 is 1.88 bits per heavy atom. The Kier molecular flexibility index (Phi) is 6.54. The quantitative estimate of drug-likeness (QED) is 0.669.